The van der Waals surface area contributed by atoms with Crippen LogP contribution in [-0.2, 0) is 9.53 Å². The van der Waals surface area contributed by atoms with Gasteiger partial charge in [-0.3, -0.25) is 4.79 Å². The number of rotatable bonds is 4. The minimum Gasteiger partial charge on any atom is -0.393 e. The number of hydrogen-bond donors (Lipinski definition) is 2. The van der Waals surface area contributed by atoms with Crippen molar-refractivity contribution in [2.24, 2.45) is 17.6 Å². The van der Waals surface area contributed by atoms with Crippen LogP contribution < -0.4 is 11.1 Å². The summed E-state index contributed by atoms with van der Waals surface area (Å²) in [4.78, 5) is 12.5. The molecule has 98 valence electrons. The lowest BCUT2D eigenvalue weighted by molar-refractivity contribution is -0.126. The number of nitrogens with two attached hydrogens (primary N) is 1. The van der Waals surface area contributed by atoms with Crippen LogP contribution in [0.1, 0.15) is 33.6 Å². The summed E-state index contributed by atoms with van der Waals surface area (Å²) in [6, 6.07) is 0. The normalized spacial score (nSPS) is 20.9. The topological polar surface area (TPSA) is 64.3 Å². The van der Waals surface area contributed by atoms with Gasteiger partial charge in [-0.15, -0.1) is 0 Å². The van der Waals surface area contributed by atoms with Gasteiger partial charge in [-0.2, -0.15) is 0 Å². The van der Waals surface area contributed by atoms with Gasteiger partial charge in [0.25, 0.3) is 0 Å². The molecule has 1 fully saturated rings. The Morgan fingerprint density at radius 2 is 1.94 bits per heavy atom. The Hall–Kier alpha value is -0.680. The Bertz CT molecular complexity index is 299. The molecule has 1 aliphatic heterocycles. The van der Waals surface area contributed by atoms with Crippen LogP contribution in [0.15, 0.2) is 0 Å². The van der Waals surface area contributed by atoms with Crippen LogP contribution in [0.5, 0.6) is 0 Å². The van der Waals surface area contributed by atoms with E-state index in [0.717, 1.165) is 12.8 Å². The summed E-state index contributed by atoms with van der Waals surface area (Å²) in [6.45, 7) is 7.34. The third-order valence-corrected chi connectivity index (χ3v) is 3.53. The van der Waals surface area contributed by atoms with E-state index in [9.17, 15) is 4.79 Å². The molecule has 1 unspecified atom stereocenters. The summed E-state index contributed by atoms with van der Waals surface area (Å²) in [5.41, 5.74) is 5.45. The molecule has 1 heterocycles. The van der Waals surface area contributed by atoms with Crippen molar-refractivity contribution in [1.82, 2.24) is 5.32 Å². The Labute approximate surface area is 108 Å². The number of amides is 1. The van der Waals surface area contributed by atoms with Gasteiger partial charge in [0.15, 0.2) is 0 Å². The zero-order valence-corrected chi connectivity index (χ0v) is 11.6. The molecule has 3 N–H and O–H groups in total. The standard InChI is InChI=1S/C12H22N2O2S/c1-8(2)9(10(13)17)11(15)14-12(3)4-6-16-7-5-12/h8-9H,4-7H2,1-3H3,(H2,13,17)(H,14,15). The molecule has 1 amide bonds. The van der Waals surface area contributed by atoms with Crippen LogP contribution in [0.4, 0.5) is 0 Å². The quantitative estimate of drug-likeness (QED) is 0.744. The van der Waals surface area contributed by atoms with E-state index < -0.39 is 0 Å². The fourth-order valence-corrected chi connectivity index (χ4v) is 2.46. The number of nitrogens with one attached hydrogen (secondary N) is 1. The van der Waals surface area contributed by atoms with Crippen LogP contribution in [0.3, 0.4) is 0 Å². The van der Waals surface area contributed by atoms with Gasteiger partial charge in [-0.25, -0.2) is 0 Å². The second-order valence-electron chi connectivity index (χ2n) is 5.29. The van der Waals surface area contributed by atoms with Crippen LogP contribution in [0.2, 0.25) is 0 Å². The summed E-state index contributed by atoms with van der Waals surface area (Å²) in [5.74, 6) is -0.322. The van der Waals surface area contributed by atoms with Crippen LogP contribution in [-0.4, -0.2) is 29.6 Å². The van der Waals surface area contributed by atoms with Crippen LogP contribution in [0, 0.1) is 11.8 Å². The fraction of sp³-hybridized carbons (Fsp3) is 0.833. The molecule has 0 aromatic heterocycles. The molecule has 0 bridgehead atoms. The van der Waals surface area contributed by atoms with E-state index in [2.05, 4.69) is 5.32 Å². The lowest BCUT2D eigenvalue weighted by atomic mass is 9.89. The van der Waals surface area contributed by atoms with E-state index in [1.54, 1.807) is 0 Å². The Morgan fingerprint density at radius 3 is 2.35 bits per heavy atom. The fourth-order valence-electron chi connectivity index (χ4n) is 2.08. The van der Waals surface area contributed by atoms with E-state index in [4.69, 9.17) is 22.7 Å². The van der Waals surface area contributed by atoms with Gasteiger partial charge in [-0.1, -0.05) is 26.1 Å². The second-order valence-corrected chi connectivity index (χ2v) is 5.76. The monoisotopic (exact) mass is 258 g/mol. The Balaban J connectivity index is 2.66. The highest BCUT2D eigenvalue weighted by Gasteiger charge is 2.33. The number of ether oxygens (including phenoxy) is 1. The second kappa shape index (κ2) is 5.78. The largest absolute Gasteiger partial charge is 0.393 e. The maximum Gasteiger partial charge on any atom is 0.230 e. The van der Waals surface area contributed by atoms with Gasteiger partial charge in [0.05, 0.1) is 10.9 Å². The minimum atomic E-state index is -0.385. The highest BCUT2D eigenvalue weighted by atomic mass is 32.1. The van der Waals surface area contributed by atoms with Gasteiger partial charge in [0.1, 0.15) is 0 Å². The third-order valence-electron chi connectivity index (χ3n) is 3.28. The van der Waals surface area contributed by atoms with Crippen molar-refractivity contribution in [3.05, 3.63) is 0 Å². The van der Waals surface area contributed by atoms with E-state index in [1.807, 2.05) is 20.8 Å². The maximum atomic E-state index is 12.2. The first-order valence-electron chi connectivity index (χ1n) is 6.05. The number of carbonyl (C=O) groups excluding carboxylic acids is 1. The van der Waals surface area contributed by atoms with Gasteiger partial charge >= 0.3 is 0 Å². The van der Waals surface area contributed by atoms with Crippen LogP contribution in [0.25, 0.3) is 0 Å². The smallest absolute Gasteiger partial charge is 0.230 e. The average Bonchev–Trinajstić information content (AvgIpc) is 2.15. The van der Waals surface area contributed by atoms with Crippen molar-refractivity contribution in [3.8, 4) is 0 Å². The zero-order chi connectivity index (χ0) is 13.1. The molecule has 0 radical (unpaired) electrons. The molecule has 17 heavy (non-hydrogen) atoms. The van der Waals surface area contributed by atoms with Gasteiger partial charge in [0.2, 0.25) is 5.91 Å². The molecule has 0 saturated carbocycles. The maximum absolute atomic E-state index is 12.2. The van der Waals surface area contributed by atoms with Crippen molar-refractivity contribution in [3.63, 3.8) is 0 Å². The lowest BCUT2D eigenvalue weighted by Gasteiger charge is -2.36. The molecule has 0 aliphatic carbocycles. The van der Waals surface area contributed by atoms with Crippen molar-refractivity contribution in [2.75, 3.05) is 13.2 Å². The molecular weight excluding hydrogens is 236 g/mol. The first kappa shape index (κ1) is 14.4. The number of carbonyl (C=O) groups is 1. The summed E-state index contributed by atoms with van der Waals surface area (Å²) in [7, 11) is 0. The van der Waals surface area contributed by atoms with Gasteiger partial charge in [0, 0.05) is 18.8 Å². The molecule has 1 rings (SSSR count). The van der Waals surface area contributed by atoms with Crippen molar-refractivity contribution >= 4 is 23.1 Å². The van der Waals surface area contributed by atoms with Crippen molar-refractivity contribution in [2.45, 2.75) is 39.2 Å². The van der Waals surface area contributed by atoms with Gasteiger partial charge < -0.3 is 15.8 Å². The van der Waals surface area contributed by atoms with E-state index in [0.29, 0.717) is 13.2 Å². The molecule has 0 aromatic carbocycles. The average molecular weight is 258 g/mol. The van der Waals surface area contributed by atoms with Crippen molar-refractivity contribution < 1.29 is 9.53 Å². The SMILES string of the molecule is CC(C)C(C(=O)NC1(C)CCOCC1)C(N)=S. The predicted octanol–water partition coefficient (Wildman–Crippen LogP) is 1.23. The first-order valence-corrected chi connectivity index (χ1v) is 6.46. The highest BCUT2D eigenvalue weighted by Crippen LogP contribution is 2.21. The zero-order valence-electron chi connectivity index (χ0n) is 10.8. The van der Waals surface area contributed by atoms with Gasteiger partial charge in [-0.05, 0) is 25.7 Å². The number of hydrogen-bond acceptors (Lipinski definition) is 3. The minimum absolute atomic E-state index is 0.0584. The predicted molar refractivity (Wildman–Crippen MR) is 71.7 cm³/mol. The van der Waals surface area contributed by atoms with E-state index >= 15 is 0 Å². The Kier molecular flexibility index (Phi) is 4.89. The summed E-state index contributed by atoms with van der Waals surface area (Å²) >= 11 is 4.97. The first-order chi connectivity index (χ1) is 7.86. The van der Waals surface area contributed by atoms with E-state index in [-0.39, 0.29) is 28.3 Å². The molecule has 4 nitrogen and oxygen atoms in total. The molecule has 0 spiro atoms. The molecule has 1 saturated heterocycles. The molecule has 0 aromatic rings. The number of thiocarbonyl (C=S) groups is 1. The van der Waals surface area contributed by atoms with Crippen molar-refractivity contribution in [1.29, 1.82) is 0 Å². The highest BCUT2D eigenvalue weighted by molar-refractivity contribution is 7.80. The summed E-state index contributed by atoms with van der Waals surface area (Å²) in [6.07, 6.45) is 1.67. The molecular formula is C12H22N2O2S. The molecule has 1 atom stereocenters. The van der Waals surface area contributed by atoms with E-state index in [1.165, 1.54) is 0 Å². The third kappa shape index (κ3) is 3.92. The Morgan fingerprint density at radius 1 is 1.41 bits per heavy atom. The molecule has 5 heteroatoms. The summed E-state index contributed by atoms with van der Waals surface area (Å²) < 4.78 is 5.30. The molecule has 1 aliphatic rings. The summed E-state index contributed by atoms with van der Waals surface area (Å²) in [5, 5.41) is 3.07. The lowest BCUT2D eigenvalue weighted by Crippen LogP contribution is -2.53. The van der Waals surface area contributed by atoms with Crippen LogP contribution >= 0.6 is 12.2 Å².